The fourth-order valence-corrected chi connectivity index (χ4v) is 3.14. The van der Waals surface area contributed by atoms with Crippen molar-refractivity contribution < 1.29 is 14.3 Å². The van der Waals surface area contributed by atoms with Gasteiger partial charge in [0.25, 0.3) is 0 Å². The van der Waals surface area contributed by atoms with E-state index in [1.165, 1.54) is 11.3 Å². The summed E-state index contributed by atoms with van der Waals surface area (Å²) in [5.74, 6) is -0.264. The lowest BCUT2D eigenvalue weighted by Gasteiger charge is -2.08. The van der Waals surface area contributed by atoms with Crippen molar-refractivity contribution in [3.05, 3.63) is 58.2 Å². The second kappa shape index (κ2) is 8.54. The van der Waals surface area contributed by atoms with E-state index in [9.17, 15) is 9.59 Å². The molecular weight excluding hydrogens is 372 g/mol. The number of carbonyl (C=O) groups is 2. The molecule has 7 nitrogen and oxygen atoms in total. The molecule has 0 fully saturated rings. The van der Waals surface area contributed by atoms with Gasteiger partial charge >= 0.3 is 5.97 Å². The van der Waals surface area contributed by atoms with E-state index in [0.717, 1.165) is 10.4 Å². The maximum absolute atomic E-state index is 12.1. The van der Waals surface area contributed by atoms with Crippen LogP contribution in [0.1, 0.15) is 5.56 Å². The first-order chi connectivity index (χ1) is 12.6. The number of H-pyrrole nitrogens is 1. The Bertz CT molecular complexity index is 933. The minimum atomic E-state index is -0.503. The summed E-state index contributed by atoms with van der Waals surface area (Å²) in [7, 11) is 0. The zero-order chi connectivity index (χ0) is 18.4. The Hall–Kier alpha value is -2.78. The maximum Gasteiger partial charge on any atom is 0.325 e. The van der Waals surface area contributed by atoms with E-state index < -0.39 is 5.97 Å². The number of benzene rings is 1. The number of hydrogen-bond acceptors (Lipinski definition) is 6. The van der Waals surface area contributed by atoms with Crippen molar-refractivity contribution >= 4 is 35.4 Å². The zero-order valence-electron chi connectivity index (χ0n) is 13.7. The molecule has 0 bridgehead atoms. The molecule has 0 aliphatic heterocycles. The number of esters is 1. The van der Waals surface area contributed by atoms with Crippen LogP contribution >= 0.6 is 23.6 Å². The predicted octanol–water partition coefficient (Wildman–Crippen LogP) is 2.53. The molecule has 0 saturated carbocycles. The van der Waals surface area contributed by atoms with E-state index in [-0.39, 0.29) is 25.6 Å². The minimum Gasteiger partial charge on any atom is -0.460 e. The lowest BCUT2D eigenvalue weighted by Crippen LogP contribution is -2.33. The third-order valence-electron chi connectivity index (χ3n) is 3.47. The number of rotatable bonds is 7. The van der Waals surface area contributed by atoms with Crippen LogP contribution in [0.2, 0.25) is 0 Å². The summed E-state index contributed by atoms with van der Waals surface area (Å²) in [6, 6.07) is 13.1. The number of thiophene rings is 1. The van der Waals surface area contributed by atoms with Crippen molar-refractivity contribution in [1.82, 2.24) is 20.1 Å². The zero-order valence-corrected chi connectivity index (χ0v) is 15.3. The van der Waals surface area contributed by atoms with Crippen molar-refractivity contribution in [2.75, 3.05) is 6.54 Å². The molecule has 2 aromatic heterocycles. The molecule has 0 aliphatic rings. The van der Waals surface area contributed by atoms with Gasteiger partial charge in [0.05, 0.1) is 4.88 Å². The summed E-state index contributed by atoms with van der Waals surface area (Å²) in [5, 5.41) is 11.3. The van der Waals surface area contributed by atoms with Gasteiger partial charge in [0.15, 0.2) is 10.6 Å². The van der Waals surface area contributed by atoms with E-state index in [1.807, 2.05) is 47.8 Å². The van der Waals surface area contributed by atoms with E-state index in [1.54, 1.807) is 4.57 Å². The van der Waals surface area contributed by atoms with Gasteiger partial charge in [0.1, 0.15) is 19.7 Å². The number of nitrogens with zero attached hydrogens (tertiary/aromatic N) is 2. The highest BCUT2D eigenvalue weighted by atomic mass is 32.1. The van der Waals surface area contributed by atoms with Gasteiger partial charge in [0.2, 0.25) is 5.91 Å². The molecule has 1 aromatic carbocycles. The van der Waals surface area contributed by atoms with Gasteiger partial charge in [-0.05, 0) is 29.2 Å². The van der Waals surface area contributed by atoms with Crippen LogP contribution in [0, 0.1) is 4.77 Å². The summed E-state index contributed by atoms with van der Waals surface area (Å²) in [6.45, 7) is -0.0649. The number of amides is 1. The molecule has 9 heteroatoms. The molecule has 134 valence electrons. The SMILES string of the molecule is O=C(Cn1c(-c2cccs2)n[nH]c1=S)NCC(=O)OCc1ccccc1. The van der Waals surface area contributed by atoms with E-state index in [4.69, 9.17) is 17.0 Å². The smallest absolute Gasteiger partial charge is 0.325 e. The van der Waals surface area contributed by atoms with Crippen LogP contribution in [0.3, 0.4) is 0 Å². The number of aromatic nitrogens is 3. The Kier molecular flexibility index (Phi) is 5.92. The number of aromatic amines is 1. The monoisotopic (exact) mass is 388 g/mol. The van der Waals surface area contributed by atoms with Gasteiger partial charge in [0, 0.05) is 0 Å². The molecule has 2 heterocycles. The fraction of sp³-hybridized carbons (Fsp3) is 0.176. The Labute approximate surface area is 158 Å². The molecule has 0 saturated heterocycles. The van der Waals surface area contributed by atoms with Crippen molar-refractivity contribution in [1.29, 1.82) is 0 Å². The van der Waals surface area contributed by atoms with Gasteiger partial charge < -0.3 is 10.1 Å². The van der Waals surface area contributed by atoms with Crippen LogP contribution in [0.25, 0.3) is 10.7 Å². The lowest BCUT2D eigenvalue weighted by molar-refractivity contribution is -0.145. The highest BCUT2D eigenvalue weighted by Crippen LogP contribution is 2.22. The number of ether oxygens (including phenoxy) is 1. The molecule has 3 aromatic rings. The summed E-state index contributed by atoms with van der Waals surface area (Å²) < 4.78 is 7.05. The molecule has 2 N–H and O–H groups in total. The van der Waals surface area contributed by atoms with E-state index in [0.29, 0.717) is 10.6 Å². The number of hydrogen-bond donors (Lipinski definition) is 2. The first-order valence-corrected chi connectivity index (χ1v) is 9.07. The average molecular weight is 388 g/mol. The third kappa shape index (κ3) is 4.64. The summed E-state index contributed by atoms with van der Waals surface area (Å²) in [4.78, 5) is 24.8. The van der Waals surface area contributed by atoms with Gasteiger partial charge in [-0.2, -0.15) is 5.10 Å². The largest absolute Gasteiger partial charge is 0.460 e. The van der Waals surface area contributed by atoms with Gasteiger partial charge in [-0.25, -0.2) is 0 Å². The molecule has 0 spiro atoms. The normalized spacial score (nSPS) is 10.5. The van der Waals surface area contributed by atoms with E-state index >= 15 is 0 Å². The Morgan fingerprint density at radius 1 is 1.23 bits per heavy atom. The highest BCUT2D eigenvalue weighted by Gasteiger charge is 2.14. The van der Waals surface area contributed by atoms with Crippen LogP contribution in [0.15, 0.2) is 47.8 Å². The standard InChI is InChI=1S/C17H16N4O3S2/c22-14(18-9-15(23)24-11-12-5-2-1-3-6-12)10-21-16(19-20-17(21)25)13-7-4-8-26-13/h1-8H,9-11H2,(H,18,22)(H,20,25). The molecule has 0 radical (unpaired) electrons. The van der Waals surface area contributed by atoms with Crippen LogP contribution in [-0.2, 0) is 27.5 Å². The van der Waals surface area contributed by atoms with Crippen LogP contribution in [0.4, 0.5) is 0 Å². The third-order valence-corrected chi connectivity index (χ3v) is 4.65. The van der Waals surface area contributed by atoms with Gasteiger partial charge in [-0.1, -0.05) is 36.4 Å². The van der Waals surface area contributed by atoms with Crippen molar-refractivity contribution in [2.24, 2.45) is 0 Å². The molecule has 0 unspecified atom stereocenters. The van der Waals surface area contributed by atoms with Crippen molar-refractivity contribution in [3.8, 4) is 10.7 Å². The quantitative estimate of drug-likeness (QED) is 0.480. The van der Waals surface area contributed by atoms with Gasteiger partial charge in [-0.3, -0.25) is 19.3 Å². The summed E-state index contributed by atoms with van der Waals surface area (Å²) in [5.41, 5.74) is 0.887. The molecule has 0 atom stereocenters. The molecule has 3 rings (SSSR count). The predicted molar refractivity (Wildman–Crippen MR) is 100.0 cm³/mol. The second-order valence-corrected chi connectivity index (χ2v) is 6.67. The Balaban J connectivity index is 1.51. The van der Waals surface area contributed by atoms with Crippen LogP contribution in [0.5, 0.6) is 0 Å². The molecule has 1 amide bonds. The van der Waals surface area contributed by atoms with Crippen molar-refractivity contribution in [2.45, 2.75) is 13.2 Å². The topological polar surface area (TPSA) is 89.0 Å². The molecule has 0 aliphatic carbocycles. The lowest BCUT2D eigenvalue weighted by atomic mass is 10.2. The Morgan fingerprint density at radius 3 is 2.77 bits per heavy atom. The summed E-state index contributed by atoms with van der Waals surface area (Å²) >= 11 is 6.67. The van der Waals surface area contributed by atoms with Crippen LogP contribution < -0.4 is 5.32 Å². The molecular formula is C17H16N4O3S2. The Morgan fingerprint density at radius 2 is 2.04 bits per heavy atom. The average Bonchev–Trinajstić information content (AvgIpc) is 3.30. The minimum absolute atomic E-state index is 0.0332. The first kappa shape index (κ1) is 18.0. The van der Waals surface area contributed by atoms with Crippen molar-refractivity contribution in [3.63, 3.8) is 0 Å². The first-order valence-electron chi connectivity index (χ1n) is 7.79. The highest BCUT2D eigenvalue weighted by molar-refractivity contribution is 7.71. The summed E-state index contributed by atoms with van der Waals surface area (Å²) in [6.07, 6.45) is 0. The maximum atomic E-state index is 12.1. The number of carbonyl (C=O) groups excluding carboxylic acids is 2. The number of nitrogens with one attached hydrogen (secondary N) is 2. The van der Waals surface area contributed by atoms with Crippen LogP contribution in [-0.4, -0.2) is 33.2 Å². The fourth-order valence-electron chi connectivity index (χ4n) is 2.22. The molecule has 26 heavy (non-hydrogen) atoms. The van der Waals surface area contributed by atoms with E-state index in [2.05, 4.69) is 15.5 Å². The second-order valence-electron chi connectivity index (χ2n) is 5.34. The van der Waals surface area contributed by atoms with Gasteiger partial charge in [-0.15, -0.1) is 11.3 Å².